The average Bonchev–Trinajstić information content (AvgIpc) is 1.88. The van der Waals surface area contributed by atoms with Gasteiger partial charge in [-0.3, -0.25) is 0 Å². The van der Waals surface area contributed by atoms with Crippen molar-refractivity contribution < 1.29 is 0 Å². The fourth-order valence-corrected chi connectivity index (χ4v) is 1.58. The molecular weight excluding hydrogens is 213 g/mol. The molecular formula is C7H7BrClN. The van der Waals surface area contributed by atoms with Gasteiger partial charge in [-0.1, -0.05) is 6.07 Å². The molecule has 0 saturated heterocycles. The van der Waals surface area contributed by atoms with Crippen LogP contribution in [0.5, 0.6) is 0 Å². The Hall–Kier alpha value is -0.0800. The Labute approximate surface area is 73.6 Å². The van der Waals surface area contributed by atoms with Crippen molar-refractivity contribution >= 4 is 27.5 Å². The Morgan fingerprint density at radius 3 is 2.80 bits per heavy atom. The van der Waals surface area contributed by atoms with E-state index >= 15 is 0 Å². The largest absolute Gasteiger partial charge is 0.246 e. The van der Waals surface area contributed by atoms with Crippen molar-refractivity contribution in [3.05, 3.63) is 28.0 Å². The van der Waals surface area contributed by atoms with E-state index in [-0.39, 0.29) is 0 Å². The van der Waals surface area contributed by atoms with Gasteiger partial charge in [0.1, 0.15) is 4.60 Å². The van der Waals surface area contributed by atoms with Gasteiger partial charge in [-0.15, -0.1) is 11.6 Å². The maximum absolute atomic E-state index is 5.61. The predicted octanol–water partition coefficient (Wildman–Crippen LogP) is 2.89. The summed E-state index contributed by atoms with van der Waals surface area (Å²) in [6.07, 6.45) is 0. The van der Waals surface area contributed by atoms with E-state index in [0.717, 1.165) is 15.9 Å². The Morgan fingerprint density at radius 1 is 1.60 bits per heavy atom. The molecule has 10 heavy (non-hydrogen) atoms. The molecule has 0 unspecified atom stereocenters. The van der Waals surface area contributed by atoms with Gasteiger partial charge in [0.15, 0.2) is 0 Å². The lowest BCUT2D eigenvalue weighted by molar-refractivity contribution is 1.12. The van der Waals surface area contributed by atoms with E-state index in [1.54, 1.807) is 0 Å². The lowest BCUT2D eigenvalue weighted by Crippen LogP contribution is -1.86. The topological polar surface area (TPSA) is 12.9 Å². The molecule has 0 fully saturated rings. The summed E-state index contributed by atoms with van der Waals surface area (Å²) in [5, 5.41) is 0. The maximum Gasteiger partial charge on any atom is 0.110 e. The van der Waals surface area contributed by atoms with Gasteiger partial charge in [-0.05, 0) is 34.5 Å². The highest BCUT2D eigenvalue weighted by Gasteiger charge is 1.97. The number of aromatic nitrogens is 1. The van der Waals surface area contributed by atoms with Gasteiger partial charge >= 0.3 is 0 Å². The van der Waals surface area contributed by atoms with Crippen LogP contribution in [0.1, 0.15) is 11.3 Å². The molecule has 0 spiro atoms. The van der Waals surface area contributed by atoms with Crippen LogP contribution < -0.4 is 0 Å². The molecule has 3 heteroatoms. The van der Waals surface area contributed by atoms with Crippen molar-refractivity contribution in [2.24, 2.45) is 0 Å². The normalized spacial score (nSPS) is 9.90. The smallest absolute Gasteiger partial charge is 0.110 e. The molecule has 0 saturated carbocycles. The highest BCUT2D eigenvalue weighted by Crippen LogP contribution is 2.15. The molecule has 0 aliphatic rings. The van der Waals surface area contributed by atoms with Gasteiger partial charge < -0.3 is 0 Å². The number of alkyl halides is 1. The van der Waals surface area contributed by atoms with Crippen LogP contribution in [0.25, 0.3) is 0 Å². The number of pyridine rings is 1. The number of halogens is 2. The SMILES string of the molecule is Cc1ccc(CCl)c(Br)n1. The fraction of sp³-hybridized carbons (Fsp3) is 0.286. The molecule has 0 aliphatic carbocycles. The zero-order chi connectivity index (χ0) is 7.56. The predicted molar refractivity (Wildman–Crippen MR) is 46.2 cm³/mol. The molecule has 0 atom stereocenters. The lowest BCUT2D eigenvalue weighted by atomic mass is 10.3. The zero-order valence-electron chi connectivity index (χ0n) is 5.56. The molecule has 1 heterocycles. The third-order valence-corrected chi connectivity index (χ3v) is 2.18. The summed E-state index contributed by atoms with van der Waals surface area (Å²) < 4.78 is 0.850. The number of hydrogen-bond acceptors (Lipinski definition) is 1. The first-order chi connectivity index (χ1) is 4.74. The Morgan fingerprint density at radius 2 is 2.30 bits per heavy atom. The van der Waals surface area contributed by atoms with Crippen molar-refractivity contribution in [3.8, 4) is 0 Å². The Balaban J connectivity index is 3.07. The molecule has 1 rings (SSSR count). The molecule has 1 aromatic heterocycles. The third kappa shape index (κ3) is 1.70. The second kappa shape index (κ2) is 3.35. The van der Waals surface area contributed by atoms with Gasteiger partial charge in [-0.2, -0.15) is 0 Å². The minimum absolute atomic E-state index is 0.508. The second-order valence-corrected chi connectivity index (χ2v) is 3.05. The molecule has 1 aromatic rings. The molecule has 1 nitrogen and oxygen atoms in total. The number of rotatable bonds is 1. The minimum atomic E-state index is 0.508. The van der Waals surface area contributed by atoms with Crippen LogP contribution >= 0.6 is 27.5 Å². The summed E-state index contributed by atoms with van der Waals surface area (Å²) in [6, 6.07) is 3.92. The van der Waals surface area contributed by atoms with E-state index in [2.05, 4.69) is 20.9 Å². The van der Waals surface area contributed by atoms with Crippen molar-refractivity contribution in [2.45, 2.75) is 12.8 Å². The number of nitrogens with zero attached hydrogens (tertiary/aromatic N) is 1. The summed E-state index contributed by atoms with van der Waals surface area (Å²) in [6.45, 7) is 1.95. The van der Waals surface area contributed by atoms with Crippen LogP contribution in [0.4, 0.5) is 0 Å². The Kier molecular flexibility index (Phi) is 2.69. The summed E-state index contributed by atoms with van der Waals surface area (Å²) in [7, 11) is 0. The standard InChI is InChI=1S/C7H7BrClN/c1-5-2-3-6(4-9)7(8)10-5/h2-3H,4H2,1H3. The van der Waals surface area contributed by atoms with E-state index < -0.39 is 0 Å². The van der Waals surface area contributed by atoms with Gasteiger partial charge in [-0.25, -0.2) is 4.98 Å². The molecule has 0 bridgehead atoms. The first-order valence-corrected chi connectivity index (χ1v) is 4.25. The molecule has 0 N–H and O–H groups in total. The highest BCUT2D eigenvalue weighted by atomic mass is 79.9. The van der Waals surface area contributed by atoms with Crippen molar-refractivity contribution in [2.75, 3.05) is 0 Å². The van der Waals surface area contributed by atoms with Crippen LogP contribution in [0.15, 0.2) is 16.7 Å². The number of hydrogen-bond donors (Lipinski definition) is 0. The summed E-state index contributed by atoms with van der Waals surface area (Å²) in [4.78, 5) is 4.18. The third-order valence-electron chi connectivity index (χ3n) is 1.21. The molecule has 0 aromatic carbocycles. The van der Waals surface area contributed by atoms with E-state index in [9.17, 15) is 0 Å². The summed E-state index contributed by atoms with van der Waals surface area (Å²) in [5.74, 6) is 0.508. The molecule has 0 aliphatic heterocycles. The summed E-state index contributed by atoms with van der Waals surface area (Å²) >= 11 is 8.93. The van der Waals surface area contributed by atoms with Crippen molar-refractivity contribution in [1.82, 2.24) is 4.98 Å². The van der Waals surface area contributed by atoms with Gasteiger partial charge in [0.05, 0.1) is 5.88 Å². The van der Waals surface area contributed by atoms with E-state index in [0.29, 0.717) is 5.88 Å². The monoisotopic (exact) mass is 219 g/mol. The summed E-state index contributed by atoms with van der Waals surface area (Å²) in [5.41, 5.74) is 2.04. The van der Waals surface area contributed by atoms with Crippen LogP contribution in [0.3, 0.4) is 0 Å². The van der Waals surface area contributed by atoms with Crippen molar-refractivity contribution in [1.29, 1.82) is 0 Å². The number of aryl methyl sites for hydroxylation is 1. The van der Waals surface area contributed by atoms with Gasteiger partial charge in [0, 0.05) is 5.69 Å². The van der Waals surface area contributed by atoms with Gasteiger partial charge in [0.2, 0.25) is 0 Å². The first kappa shape index (κ1) is 8.02. The highest BCUT2D eigenvalue weighted by molar-refractivity contribution is 9.10. The van der Waals surface area contributed by atoms with E-state index in [1.807, 2.05) is 19.1 Å². The van der Waals surface area contributed by atoms with Crippen LogP contribution in [0, 0.1) is 6.92 Å². The minimum Gasteiger partial charge on any atom is -0.246 e. The van der Waals surface area contributed by atoms with Crippen molar-refractivity contribution in [3.63, 3.8) is 0 Å². The zero-order valence-corrected chi connectivity index (χ0v) is 7.91. The maximum atomic E-state index is 5.61. The molecule has 0 amide bonds. The molecule has 0 radical (unpaired) electrons. The second-order valence-electron chi connectivity index (χ2n) is 2.04. The Bertz CT molecular complexity index is 237. The average molecular weight is 220 g/mol. The van der Waals surface area contributed by atoms with E-state index in [4.69, 9.17) is 11.6 Å². The van der Waals surface area contributed by atoms with Crippen LogP contribution in [-0.4, -0.2) is 4.98 Å². The van der Waals surface area contributed by atoms with Crippen LogP contribution in [0.2, 0.25) is 0 Å². The lowest BCUT2D eigenvalue weighted by Gasteiger charge is -1.98. The van der Waals surface area contributed by atoms with Gasteiger partial charge in [0.25, 0.3) is 0 Å². The van der Waals surface area contributed by atoms with Crippen LogP contribution in [-0.2, 0) is 5.88 Å². The van der Waals surface area contributed by atoms with E-state index in [1.165, 1.54) is 0 Å². The first-order valence-electron chi connectivity index (χ1n) is 2.92. The quantitative estimate of drug-likeness (QED) is 0.524. The fourth-order valence-electron chi connectivity index (χ4n) is 0.654. The molecule has 54 valence electrons.